The number of nitrogens with one attached hydrogen (secondary N) is 1. The number of carbonyl (C=O) groups excluding carboxylic acids is 1. The van der Waals surface area contributed by atoms with Crippen molar-refractivity contribution in [1.29, 1.82) is 0 Å². The van der Waals surface area contributed by atoms with E-state index in [-0.39, 0.29) is 11.7 Å². The Hall–Kier alpha value is -3.91. The highest BCUT2D eigenvalue weighted by Crippen LogP contribution is 2.33. The molecule has 0 atom stereocenters. The maximum absolute atomic E-state index is 12.4. The van der Waals surface area contributed by atoms with E-state index in [0.29, 0.717) is 46.7 Å². The number of hydrogen-bond acceptors (Lipinski definition) is 5. The van der Waals surface area contributed by atoms with Crippen LogP contribution in [0, 0.1) is 0 Å². The summed E-state index contributed by atoms with van der Waals surface area (Å²) in [6, 6.07) is 22.0. The SMILES string of the molecule is CCCCN(c1ccc(N=C(c2ccccc2)c2c(O)[nH]c3cc(C(=O)CCC)ccc23)cc1)S(C)(=O)=O. The van der Waals surface area contributed by atoms with E-state index < -0.39 is 10.0 Å². The highest BCUT2D eigenvalue weighted by Gasteiger charge is 2.20. The van der Waals surface area contributed by atoms with Gasteiger partial charge in [0.25, 0.3) is 0 Å². The average Bonchev–Trinajstić information content (AvgIpc) is 3.23. The normalized spacial score (nSPS) is 12.1. The molecule has 0 aliphatic heterocycles. The summed E-state index contributed by atoms with van der Waals surface area (Å²) in [5, 5.41) is 11.7. The van der Waals surface area contributed by atoms with Crippen LogP contribution in [-0.4, -0.2) is 42.8 Å². The zero-order valence-corrected chi connectivity index (χ0v) is 22.8. The van der Waals surface area contributed by atoms with Gasteiger partial charge >= 0.3 is 0 Å². The number of aliphatic imine (C=N–C) groups is 1. The molecule has 0 unspecified atom stereocenters. The van der Waals surface area contributed by atoms with Crippen LogP contribution in [-0.2, 0) is 10.0 Å². The topological polar surface area (TPSA) is 103 Å². The van der Waals surface area contributed by atoms with Crippen LogP contribution in [0.4, 0.5) is 11.4 Å². The Labute approximate surface area is 223 Å². The lowest BCUT2D eigenvalue weighted by Gasteiger charge is -2.22. The Balaban J connectivity index is 1.80. The van der Waals surface area contributed by atoms with Gasteiger partial charge in [-0.3, -0.25) is 9.10 Å². The van der Waals surface area contributed by atoms with Crippen molar-refractivity contribution in [3.63, 3.8) is 0 Å². The van der Waals surface area contributed by atoms with E-state index in [1.165, 1.54) is 10.6 Å². The highest BCUT2D eigenvalue weighted by molar-refractivity contribution is 7.92. The standard InChI is InChI=1S/C30H33N3O4S/c1-4-6-19-33(38(3,36)37)24-16-14-23(15-17-24)31-29(21-11-8-7-9-12-21)28-25-18-13-22(27(34)10-5-2)20-26(25)32-30(28)35/h7-9,11-18,20,32,35H,4-6,10,19H2,1-3H3. The molecule has 0 radical (unpaired) electrons. The molecular formula is C30H33N3O4S. The van der Waals surface area contributed by atoms with Gasteiger partial charge in [0, 0.05) is 35.0 Å². The van der Waals surface area contributed by atoms with Crippen molar-refractivity contribution in [3.05, 3.63) is 89.5 Å². The number of H-pyrrole nitrogens is 1. The molecule has 1 heterocycles. The predicted molar refractivity (Wildman–Crippen MR) is 154 cm³/mol. The van der Waals surface area contributed by atoms with Crippen molar-refractivity contribution in [2.75, 3.05) is 17.1 Å². The van der Waals surface area contributed by atoms with Crippen molar-refractivity contribution >= 4 is 43.8 Å². The van der Waals surface area contributed by atoms with Gasteiger partial charge in [-0.2, -0.15) is 0 Å². The first-order chi connectivity index (χ1) is 18.2. The fraction of sp³-hybridized carbons (Fsp3) is 0.267. The molecule has 0 fully saturated rings. The number of fused-ring (bicyclic) bond motifs is 1. The summed E-state index contributed by atoms with van der Waals surface area (Å²) in [4.78, 5) is 20.3. The number of aromatic amines is 1. The Morgan fingerprint density at radius 1 is 0.947 bits per heavy atom. The maximum Gasteiger partial charge on any atom is 0.232 e. The van der Waals surface area contributed by atoms with Gasteiger partial charge < -0.3 is 10.1 Å². The number of aromatic hydroxyl groups is 1. The van der Waals surface area contributed by atoms with Crippen LogP contribution in [0.25, 0.3) is 10.9 Å². The highest BCUT2D eigenvalue weighted by atomic mass is 32.2. The second-order valence-electron chi connectivity index (χ2n) is 9.31. The van der Waals surface area contributed by atoms with Crippen molar-refractivity contribution in [2.45, 2.75) is 39.5 Å². The number of sulfonamides is 1. The van der Waals surface area contributed by atoms with E-state index >= 15 is 0 Å². The third-order valence-electron chi connectivity index (χ3n) is 6.36. The largest absolute Gasteiger partial charge is 0.494 e. The number of ketones is 1. The number of nitrogens with zero attached hydrogens (tertiary/aromatic N) is 2. The lowest BCUT2D eigenvalue weighted by Crippen LogP contribution is -2.30. The summed E-state index contributed by atoms with van der Waals surface area (Å²) >= 11 is 0. The average molecular weight is 532 g/mol. The van der Waals surface area contributed by atoms with E-state index in [2.05, 4.69) is 4.98 Å². The fourth-order valence-electron chi connectivity index (χ4n) is 4.44. The number of Topliss-reactive ketones (excluding diaryl/α,β-unsaturated/α-hetero) is 1. The van der Waals surface area contributed by atoms with Gasteiger partial charge in [0.15, 0.2) is 11.7 Å². The molecule has 0 amide bonds. The number of anilines is 1. The van der Waals surface area contributed by atoms with Crippen molar-refractivity contribution < 1.29 is 18.3 Å². The summed E-state index contributed by atoms with van der Waals surface area (Å²) in [5.74, 6) is 0.0197. The zero-order chi connectivity index (χ0) is 27.3. The Morgan fingerprint density at radius 2 is 1.66 bits per heavy atom. The molecule has 198 valence electrons. The smallest absolute Gasteiger partial charge is 0.232 e. The van der Waals surface area contributed by atoms with Gasteiger partial charge in [-0.1, -0.05) is 62.7 Å². The second kappa shape index (κ2) is 11.6. The minimum Gasteiger partial charge on any atom is -0.494 e. The molecule has 3 aromatic carbocycles. The van der Waals surface area contributed by atoms with E-state index in [9.17, 15) is 18.3 Å². The molecule has 0 aliphatic carbocycles. The second-order valence-corrected chi connectivity index (χ2v) is 11.2. The molecule has 1 aromatic heterocycles. The molecule has 0 saturated heterocycles. The van der Waals surface area contributed by atoms with Crippen LogP contribution in [0.3, 0.4) is 0 Å². The monoisotopic (exact) mass is 531 g/mol. The molecule has 0 spiro atoms. The number of unbranched alkanes of at least 4 members (excludes halogenated alkanes) is 1. The summed E-state index contributed by atoms with van der Waals surface area (Å²) in [5.41, 5.74) is 4.34. The van der Waals surface area contributed by atoms with Gasteiger partial charge in [-0.25, -0.2) is 13.4 Å². The predicted octanol–water partition coefficient (Wildman–Crippen LogP) is 6.59. The van der Waals surface area contributed by atoms with Gasteiger partial charge in [0.2, 0.25) is 10.0 Å². The fourth-order valence-corrected chi connectivity index (χ4v) is 5.40. The van der Waals surface area contributed by atoms with Crippen molar-refractivity contribution in [2.24, 2.45) is 4.99 Å². The Kier molecular flexibility index (Phi) is 8.32. The number of benzene rings is 3. The number of aromatic nitrogens is 1. The van der Waals surface area contributed by atoms with Gasteiger partial charge in [0.1, 0.15) is 0 Å². The summed E-state index contributed by atoms with van der Waals surface area (Å²) in [6.45, 7) is 4.40. The number of rotatable bonds is 11. The van der Waals surface area contributed by atoms with Gasteiger partial charge in [-0.15, -0.1) is 0 Å². The van der Waals surface area contributed by atoms with Crippen LogP contribution >= 0.6 is 0 Å². The van der Waals surface area contributed by atoms with E-state index in [1.54, 1.807) is 36.4 Å². The summed E-state index contributed by atoms with van der Waals surface area (Å²) in [7, 11) is -3.41. The molecule has 0 aliphatic rings. The lowest BCUT2D eigenvalue weighted by atomic mass is 9.99. The lowest BCUT2D eigenvalue weighted by molar-refractivity contribution is 0.0982. The van der Waals surface area contributed by atoms with E-state index in [1.807, 2.05) is 50.2 Å². The molecular weight excluding hydrogens is 498 g/mol. The number of hydrogen-bond donors (Lipinski definition) is 2. The summed E-state index contributed by atoms with van der Waals surface area (Å²) < 4.78 is 26.1. The Bertz CT molecular complexity index is 1560. The first-order valence-electron chi connectivity index (χ1n) is 12.8. The molecule has 0 saturated carbocycles. The minimum absolute atomic E-state index is 0.0397. The molecule has 8 heteroatoms. The molecule has 7 nitrogen and oxygen atoms in total. The molecule has 2 N–H and O–H groups in total. The molecule has 38 heavy (non-hydrogen) atoms. The van der Waals surface area contributed by atoms with Crippen LogP contribution in [0.5, 0.6) is 5.88 Å². The van der Waals surface area contributed by atoms with E-state index in [4.69, 9.17) is 4.99 Å². The first kappa shape index (κ1) is 27.1. The maximum atomic E-state index is 12.4. The van der Waals surface area contributed by atoms with Crippen molar-refractivity contribution in [3.8, 4) is 5.88 Å². The quantitative estimate of drug-likeness (QED) is 0.168. The van der Waals surface area contributed by atoms with E-state index in [0.717, 1.165) is 30.2 Å². The number of carbonyl (C=O) groups is 1. The van der Waals surface area contributed by atoms with Gasteiger partial charge in [0.05, 0.1) is 28.9 Å². The van der Waals surface area contributed by atoms with Crippen LogP contribution in [0.15, 0.2) is 77.8 Å². The minimum atomic E-state index is -3.41. The first-order valence-corrected chi connectivity index (χ1v) is 14.7. The third kappa shape index (κ3) is 5.97. The van der Waals surface area contributed by atoms with Crippen LogP contribution in [0.2, 0.25) is 0 Å². The Morgan fingerprint density at radius 3 is 2.29 bits per heavy atom. The van der Waals surface area contributed by atoms with Crippen LogP contribution in [0.1, 0.15) is 61.0 Å². The summed E-state index contributed by atoms with van der Waals surface area (Å²) in [6.07, 6.45) is 4.09. The zero-order valence-electron chi connectivity index (χ0n) is 21.9. The molecule has 4 aromatic rings. The molecule has 0 bridgehead atoms. The third-order valence-corrected chi connectivity index (χ3v) is 7.55. The van der Waals surface area contributed by atoms with Gasteiger partial charge in [-0.05, 0) is 43.2 Å². The van der Waals surface area contributed by atoms with Crippen LogP contribution < -0.4 is 4.31 Å². The van der Waals surface area contributed by atoms with Crippen molar-refractivity contribution in [1.82, 2.24) is 4.98 Å². The molecule has 4 rings (SSSR count).